The Labute approximate surface area is 124 Å². The minimum atomic E-state index is -0.664. The maximum atomic E-state index is 12.1. The first-order chi connectivity index (χ1) is 10.7. The molecule has 3 aromatic carbocycles. The number of hydroxylamine groups is 2. The van der Waals surface area contributed by atoms with Gasteiger partial charge in [0.2, 0.25) is 0 Å². The van der Waals surface area contributed by atoms with Crippen molar-refractivity contribution in [2.75, 3.05) is 0 Å². The number of hydrogen-bond acceptors (Lipinski definition) is 4. The smallest absolute Gasteiger partial charge is 0.275 e. The Morgan fingerprint density at radius 1 is 0.636 bits per heavy atom. The van der Waals surface area contributed by atoms with Crippen LogP contribution >= 0.6 is 0 Å². The van der Waals surface area contributed by atoms with Crippen LogP contribution in [-0.4, -0.2) is 22.2 Å². The first-order valence-corrected chi connectivity index (χ1v) is 6.51. The van der Waals surface area contributed by atoms with Crippen molar-refractivity contribution in [2.24, 2.45) is 0 Å². The second-order valence-corrected chi connectivity index (χ2v) is 4.72. The molecule has 2 amide bonds. The molecule has 0 atom stereocenters. The summed E-state index contributed by atoms with van der Waals surface area (Å²) < 4.78 is 0. The number of hydrogen-bond donors (Lipinski definition) is 4. The highest BCUT2D eigenvalue weighted by Crippen LogP contribution is 2.32. The summed E-state index contributed by atoms with van der Waals surface area (Å²) in [6.45, 7) is 0. The maximum absolute atomic E-state index is 12.1. The quantitative estimate of drug-likeness (QED) is 0.331. The fraction of sp³-hybridized carbons (Fsp3) is 0. The molecule has 0 radical (unpaired) electrons. The summed E-state index contributed by atoms with van der Waals surface area (Å²) in [5, 5.41) is 20.0. The van der Waals surface area contributed by atoms with Crippen LogP contribution in [0.5, 0.6) is 0 Å². The Hall–Kier alpha value is -2.96. The molecule has 0 bridgehead atoms. The van der Waals surface area contributed by atoms with Crippen LogP contribution in [0.2, 0.25) is 0 Å². The zero-order valence-corrected chi connectivity index (χ0v) is 11.3. The van der Waals surface area contributed by atoms with Crippen LogP contribution in [0.1, 0.15) is 20.7 Å². The van der Waals surface area contributed by atoms with E-state index in [1.54, 1.807) is 59.5 Å². The molecule has 0 aliphatic carbocycles. The predicted octanol–water partition coefficient (Wildman–Crippen LogP) is 2.23. The van der Waals surface area contributed by atoms with Crippen LogP contribution in [0.25, 0.3) is 21.5 Å². The summed E-state index contributed by atoms with van der Waals surface area (Å²) in [5.41, 5.74) is 3.81. The average Bonchev–Trinajstić information content (AvgIpc) is 2.58. The van der Waals surface area contributed by atoms with Crippen LogP contribution in [0.3, 0.4) is 0 Å². The van der Waals surface area contributed by atoms with Gasteiger partial charge in [0, 0.05) is 0 Å². The standard InChI is InChI=1S/C16H12N2O4/c19-15(17-21)13-9-5-1-2-6-10(9)14(16(20)18-22)12-8-4-3-7-11(12)13/h1-8,21-22H,(H,17,19)(H,18,20). The van der Waals surface area contributed by atoms with Crippen molar-refractivity contribution in [1.82, 2.24) is 11.0 Å². The fourth-order valence-corrected chi connectivity index (χ4v) is 2.73. The second kappa shape index (κ2) is 5.44. The lowest BCUT2D eigenvalue weighted by atomic mass is 9.91. The number of carbonyl (C=O) groups is 2. The Morgan fingerprint density at radius 3 is 1.14 bits per heavy atom. The minimum Gasteiger partial charge on any atom is -0.288 e. The van der Waals surface area contributed by atoms with E-state index in [4.69, 9.17) is 10.4 Å². The van der Waals surface area contributed by atoms with E-state index in [-0.39, 0.29) is 11.1 Å². The van der Waals surface area contributed by atoms with Crippen molar-refractivity contribution in [3.63, 3.8) is 0 Å². The van der Waals surface area contributed by atoms with Crippen LogP contribution in [-0.2, 0) is 0 Å². The number of fused-ring (bicyclic) bond motifs is 2. The highest BCUT2D eigenvalue weighted by Gasteiger charge is 2.21. The van der Waals surface area contributed by atoms with Crippen LogP contribution < -0.4 is 11.0 Å². The van der Waals surface area contributed by atoms with E-state index in [0.29, 0.717) is 21.5 Å². The molecule has 3 aromatic rings. The van der Waals surface area contributed by atoms with Crippen molar-refractivity contribution in [3.8, 4) is 0 Å². The molecule has 0 saturated carbocycles. The van der Waals surface area contributed by atoms with Crippen LogP contribution in [0.15, 0.2) is 48.5 Å². The number of rotatable bonds is 2. The molecule has 22 heavy (non-hydrogen) atoms. The van der Waals surface area contributed by atoms with Crippen molar-refractivity contribution in [3.05, 3.63) is 59.7 Å². The van der Waals surface area contributed by atoms with Gasteiger partial charge in [-0.05, 0) is 21.5 Å². The molecule has 6 nitrogen and oxygen atoms in total. The largest absolute Gasteiger partial charge is 0.288 e. The summed E-state index contributed by atoms with van der Waals surface area (Å²) >= 11 is 0. The van der Waals surface area contributed by atoms with E-state index in [1.807, 2.05) is 0 Å². The van der Waals surface area contributed by atoms with Gasteiger partial charge in [0.05, 0.1) is 11.1 Å². The van der Waals surface area contributed by atoms with Gasteiger partial charge in [0.25, 0.3) is 11.8 Å². The maximum Gasteiger partial charge on any atom is 0.275 e. The Kier molecular flexibility index (Phi) is 3.46. The van der Waals surface area contributed by atoms with Gasteiger partial charge in [-0.3, -0.25) is 20.0 Å². The molecular weight excluding hydrogens is 284 g/mol. The highest BCUT2D eigenvalue weighted by molar-refractivity contribution is 6.25. The summed E-state index contributed by atoms with van der Waals surface area (Å²) in [5.74, 6) is -1.33. The molecule has 0 saturated heterocycles. The first-order valence-electron chi connectivity index (χ1n) is 6.51. The first kappa shape index (κ1) is 14.0. The molecule has 3 rings (SSSR count). The number of benzene rings is 3. The summed E-state index contributed by atoms with van der Waals surface area (Å²) in [4.78, 5) is 24.2. The third-order valence-electron chi connectivity index (χ3n) is 3.59. The van der Waals surface area contributed by atoms with Crippen LogP contribution in [0, 0.1) is 0 Å². The molecule has 0 spiro atoms. The SMILES string of the molecule is O=C(NO)c1c2ccccc2c(C(=O)NO)c2ccccc12. The van der Waals surface area contributed by atoms with Gasteiger partial charge in [-0.25, -0.2) is 11.0 Å². The zero-order valence-electron chi connectivity index (χ0n) is 11.3. The zero-order chi connectivity index (χ0) is 15.7. The molecule has 0 aliphatic heterocycles. The normalized spacial score (nSPS) is 10.6. The molecule has 0 unspecified atom stereocenters. The third kappa shape index (κ3) is 1.98. The van der Waals surface area contributed by atoms with Gasteiger partial charge in [-0.1, -0.05) is 48.5 Å². The summed E-state index contributed by atoms with van der Waals surface area (Å²) in [6, 6.07) is 13.6. The van der Waals surface area contributed by atoms with E-state index in [2.05, 4.69) is 0 Å². The number of nitrogens with one attached hydrogen (secondary N) is 2. The van der Waals surface area contributed by atoms with Gasteiger partial charge in [-0.2, -0.15) is 0 Å². The van der Waals surface area contributed by atoms with Crippen molar-refractivity contribution in [1.29, 1.82) is 0 Å². The van der Waals surface area contributed by atoms with E-state index in [0.717, 1.165) is 0 Å². The molecule has 0 fully saturated rings. The van der Waals surface area contributed by atoms with Crippen molar-refractivity contribution >= 4 is 33.4 Å². The molecule has 110 valence electrons. The van der Waals surface area contributed by atoms with Gasteiger partial charge >= 0.3 is 0 Å². The lowest BCUT2D eigenvalue weighted by Crippen LogP contribution is -2.22. The topological polar surface area (TPSA) is 98.7 Å². The lowest BCUT2D eigenvalue weighted by molar-refractivity contribution is 0.0703. The van der Waals surface area contributed by atoms with Crippen molar-refractivity contribution in [2.45, 2.75) is 0 Å². The Morgan fingerprint density at radius 2 is 0.909 bits per heavy atom. The number of amides is 2. The van der Waals surface area contributed by atoms with Crippen molar-refractivity contribution < 1.29 is 20.0 Å². The van der Waals surface area contributed by atoms with Gasteiger partial charge in [-0.15, -0.1) is 0 Å². The molecule has 4 N–H and O–H groups in total. The fourth-order valence-electron chi connectivity index (χ4n) is 2.73. The second-order valence-electron chi connectivity index (χ2n) is 4.72. The van der Waals surface area contributed by atoms with E-state index in [1.165, 1.54) is 0 Å². The third-order valence-corrected chi connectivity index (χ3v) is 3.59. The highest BCUT2D eigenvalue weighted by atomic mass is 16.5. The number of carbonyl (C=O) groups excluding carboxylic acids is 2. The Balaban J connectivity index is 2.59. The molecular formula is C16H12N2O4. The monoisotopic (exact) mass is 296 g/mol. The van der Waals surface area contributed by atoms with E-state index < -0.39 is 11.8 Å². The molecule has 0 heterocycles. The molecule has 0 aromatic heterocycles. The van der Waals surface area contributed by atoms with Gasteiger partial charge in [0.15, 0.2) is 0 Å². The van der Waals surface area contributed by atoms with Crippen LogP contribution in [0.4, 0.5) is 0 Å². The molecule has 0 aliphatic rings. The van der Waals surface area contributed by atoms with E-state index in [9.17, 15) is 9.59 Å². The van der Waals surface area contributed by atoms with E-state index >= 15 is 0 Å². The summed E-state index contributed by atoms with van der Waals surface area (Å²) in [6.07, 6.45) is 0. The Bertz CT molecular complexity index is 774. The molecule has 6 heteroatoms. The predicted molar refractivity (Wildman–Crippen MR) is 80.0 cm³/mol. The lowest BCUT2D eigenvalue weighted by Gasteiger charge is -2.14. The van der Waals surface area contributed by atoms with Gasteiger partial charge in [0.1, 0.15) is 0 Å². The minimum absolute atomic E-state index is 0.267. The van der Waals surface area contributed by atoms with Gasteiger partial charge < -0.3 is 0 Å². The summed E-state index contributed by atoms with van der Waals surface area (Å²) in [7, 11) is 0. The average molecular weight is 296 g/mol.